The first kappa shape index (κ1) is 10.8. The number of carbonyl (C=O) groups is 2. The van der Waals surface area contributed by atoms with Gasteiger partial charge in [-0.05, 0) is 0 Å². The van der Waals surface area contributed by atoms with Crippen molar-refractivity contribution in [3.8, 4) is 0 Å². The first-order valence-electron chi connectivity index (χ1n) is 2.87. The lowest BCUT2D eigenvalue weighted by Crippen LogP contribution is -2.45. The summed E-state index contributed by atoms with van der Waals surface area (Å²) in [5.74, 6) is -3.61. The highest BCUT2D eigenvalue weighted by atomic mass is 16.4. The van der Waals surface area contributed by atoms with Crippen molar-refractivity contribution in [2.24, 2.45) is 0 Å². The van der Waals surface area contributed by atoms with E-state index in [2.05, 4.69) is 0 Å². The quantitative estimate of drug-likeness (QED) is 0.316. The predicted octanol–water partition coefficient (Wildman–Crippen LogP) is -2.76. The fourth-order valence-electron chi connectivity index (χ4n) is 0.465. The van der Waals surface area contributed by atoms with Crippen LogP contribution in [-0.2, 0) is 9.59 Å². The van der Waals surface area contributed by atoms with Gasteiger partial charge in [0.2, 0.25) is 0 Å². The van der Waals surface area contributed by atoms with E-state index in [4.69, 9.17) is 25.5 Å². The molecule has 2 atom stereocenters. The van der Waals surface area contributed by atoms with E-state index in [1.165, 1.54) is 0 Å². The number of aliphatic hydroxyl groups excluding tert-OH is 3. The minimum absolute atomic E-state index is 1.80. The maximum atomic E-state index is 9.95. The molecule has 0 aromatic rings. The van der Waals surface area contributed by atoms with Gasteiger partial charge in [0.05, 0.1) is 0 Å². The summed E-state index contributed by atoms with van der Waals surface area (Å²) in [7, 11) is 0. The first-order chi connectivity index (χ1) is 5.37. The molecule has 0 heterocycles. The minimum Gasteiger partial charge on any atom is -0.479 e. The molecule has 0 amide bonds. The fourth-order valence-corrected chi connectivity index (χ4v) is 0.465. The highest BCUT2D eigenvalue weighted by Gasteiger charge is 2.34. The van der Waals surface area contributed by atoms with Crippen LogP contribution in [0.15, 0.2) is 0 Å². The van der Waals surface area contributed by atoms with Gasteiger partial charge in [-0.3, -0.25) is 0 Å². The molecule has 0 saturated carbocycles. The Morgan fingerprint density at radius 3 is 1.25 bits per heavy atom. The molecule has 0 saturated heterocycles. The van der Waals surface area contributed by atoms with Crippen molar-refractivity contribution in [3.05, 3.63) is 0 Å². The van der Waals surface area contributed by atoms with E-state index < -0.39 is 30.3 Å². The highest BCUT2D eigenvalue weighted by Crippen LogP contribution is 2.00. The summed E-state index contributed by atoms with van der Waals surface area (Å²) in [4.78, 5) is 19.9. The van der Waals surface area contributed by atoms with Crippen molar-refractivity contribution in [1.29, 1.82) is 0 Å². The number of hydrogen-bond acceptors (Lipinski definition) is 5. The molecule has 70 valence electrons. The molecule has 0 aliphatic carbocycles. The monoisotopic (exact) mass is 180 g/mol. The molecule has 0 aliphatic heterocycles. The molecular formula is C5H8O7. The highest BCUT2D eigenvalue weighted by molar-refractivity contribution is 5.77. The van der Waals surface area contributed by atoms with Crippen molar-refractivity contribution in [2.45, 2.75) is 18.3 Å². The Bertz CT molecular complexity index is 168. The Labute approximate surface area is 66.5 Å². The summed E-state index contributed by atoms with van der Waals surface area (Å²) in [5, 5.41) is 41.9. The van der Waals surface area contributed by atoms with Crippen LogP contribution < -0.4 is 0 Å². The smallest absolute Gasteiger partial charge is 0.335 e. The third kappa shape index (κ3) is 2.46. The van der Waals surface area contributed by atoms with E-state index in [1.807, 2.05) is 0 Å². The van der Waals surface area contributed by atoms with Gasteiger partial charge < -0.3 is 25.5 Å². The normalized spacial score (nSPS) is 17.9. The summed E-state index contributed by atoms with van der Waals surface area (Å²) in [5.41, 5.74) is 0. The molecule has 0 bridgehead atoms. The third-order valence-electron chi connectivity index (χ3n) is 1.15. The lowest BCUT2D eigenvalue weighted by molar-refractivity contribution is -0.167. The van der Waals surface area contributed by atoms with Crippen LogP contribution >= 0.6 is 0 Å². The Balaban J connectivity index is 4.28. The van der Waals surface area contributed by atoms with Gasteiger partial charge in [0, 0.05) is 0 Å². The van der Waals surface area contributed by atoms with Crippen LogP contribution in [0.5, 0.6) is 0 Å². The molecule has 0 aromatic heterocycles. The second-order valence-electron chi connectivity index (χ2n) is 2.06. The van der Waals surface area contributed by atoms with Gasteiger partial charge in [0.25, 0.3) is 0 Å². The lowest BCUT2D eigenvalue weighted by atomic mass is 10.1. The van der Waals surface area contributed by atoms with Gasteiger partial charge in [-0.15, -0.1) is 0 Å². The SMILES string of the molecule is O=C(O)C(O)C(O)C(O)C(=O)O. The van der Waals surface area contributed by atoms with Gasteiger partial charge in [-0.25, -0.2) is 9.59 Å². The Morgan fingerprint density at radius 2 is 1.08 bits per heavy atom. The zero-order valence-electron chi connectivity index (χ0n) is 5.78. The van der Waals surface area contributed by atoms with Crippen molar-refractivity contribution in [1.82, 2.24) is 0 Å². The van der Waals surface area contributed by atoms with E-state index >= 15 is 0 Å². The number of carboxylic acids is 2. The average molecular weight is 180 g/mol. The third-order valence-corrected chi connectivity index (χ3v) is 1.15. The van der Waals surface area contributed by atoms with Crippen LogP contribution in [0, 0.1) is 0 Å². The largest absolute Gasteiger partial charge is 0.479 e. The van der Waals surface area contributed by atoms with Gasteiger partial charge in [0.1, 0.15) is 6.10 Å². The van der Waals surface area contributed by atoms with Gasteiger partial charge in [0.15, 0.2) is 12.2 Å². The number of carboxylic acid groups (broad SMARTS) is 2. The fraction of sp³-hybridized carbons (Fsp3) is 0.600. The van der Waals surface area contributed by atoms with Crippen molar-refractivity contribution in [3.63, 3.8) is 0 Å². The average Bonchev–Trinajstić information content (AvgIpc) is 2.00. The summed E-state index contributed by atoms with van der Waals surface area (Å²) in [6.07, 6.45) is -6.85. The summed E-state index contributed by atoms with van der Waals surface area (Å²) < 4.78 is 0. The summed E-state index contributed by atoms with van der Waals surface area (Å²) in [6, 6.07) is 0. The molecule has 0 radical (unpaired) electrons. The van der Waals surface area contributed by atoms with E-state index in [0.717, 1.165) is 0 Å². The second-order valence-corrected chi connectivity index (χ2v) is 2.06. The molecule has 2 unspecified atom stereocenters. The molecule has 0 rings (SSSR count). The van der Waals surface area contributed by atoms with Crippen molar-refractivity contribution >= 4 is 11.9 Å². The van der Waals surface area contributed by atoms with Crippen LogP contribution in [0.4, 0.5) is 0 Å². The molecule has 0 fully saturated rings. The van der Waals surface area contributed by atoms with Gasteiger partial charge in [-0.1, -0.05) is 0 Å². The molecule has 5 N–H and O–H groups in total. The molecule has 7 nitrogen and oxygen atoms in total. The van der Waals surface area contributed by atoms with Crippen LogP contribution in [0.25, 0.3) is 0 Å². The van der Waals surface area contributed by atoms with Crippen LogP contribution in [-0.4, -0.2) is 55.8 Å². The van der Waals surface area contributed by atoms with Gasteiger partial charge >= 0.3 is 11.9 Å². The zero-order chi connectivity index (χ0) is 9.89. The van der Waals surface area contributed by atoms with E-state index in [9.17, 15) is 9.59 Å². The standard InChI is InChI=1S/C5H8O7/c6-1(2(7)4(9)10)3(8)5(11)12/h1-3,6-8H,(H,9,10)(H,11,12). The molecule has 12 heavy (non-hydrogen) atoms. The topological polar surface area (TPSA) is 135 Å². The Morgan fingerprint density at radius 1 is 0.833 bits per heavy atom. The minimum atomic E-state index is -2.31. The van der Waals surface area contributed by atoms with Crippen molar-refractivity contribution in [2.75, 3.05) is 0 Å². The maximum absolute atomic E-state index is 9.95. The number of rotatable bonds is 4. The van der Waals surface area contributed by atoms with Gasteiger partial charge in [-0.2, -0.15) is 0 Å². The molecular weight excluding hydrogens is 172 g/mol. The Hall–Kier alpha value is -1.18. The molecule has 0 aromatic carbocycles. The summed E-state index contributed by atoms with van der Waals surface area (Å²) >= 11 is 0. The predicted molar refractivity (Wildman–Crippen MR) is 33.3 cm³/mol. The van der Waals surface area contributed by atoms with E-state index in [0.29, 0.717) is 0 Å². The Kier molecular flexibility index (Phi) is 3.61. The van der Waals surface area contributed by atoms with Crippen LogP contribution in [0.2, 0.25) is 0 Å². The molecule has 0 aliphatic rings. The number of aliphatic carboxylic acids is 2. The van der Waals surface area contributed by atoms with Crippen molar-refractivity contribution < 1.29 is 35.1 Å². The summed E-state index contributed by atoms with van der Waals surface area (Å²) in [6.45, 7) is 0. The lowest BCUT2D eigenvalue weighted by Gasteiger charge is -2.16. The first-order valence-corrected chi connectivity index (χ1v) is 2.87. The number of hydrogen-bond donors (Lipinski definition) is 5. The maximum Gasteiger partial charge on any atom is 0.335 e. The van der Waals surface area contributed by atoms with E-state index in [1.54, 1.807) is 0 Å². The van der Waals surface area contributed by atoms with Crippen LogP contribution in [0.3, 0.4) is 0 Å². The zero-order valence-corrected chi connectivity index (χ0v) is 5.78. The molecule has 0 spiro atoms. The van der Waals surface area contributed by atoms with Crippen LogP contribution in [0.1, 0.15) is 0 Å². The number of aliphatic hydroxyl groups is 3. The molecule has 7 heteroatoms. The second kappa shape index (κ2) is 4.00. The van der Waals surface area contributed by atoms with E-state index in [-0.39, 0.29) is 0 Å².